The zero-order chi connectivity index (χ0) is 14.8. The van der Waals surface area contributed by atoms with Crippen molar-refractivity contribution in [2.24, 2.45) is 0 Å². The van der Waals surface area contributed by atoms with E-state index in [9.17, 15) is 4.79 Å². The van der Waals surface area contributed by atoms with E-state index in [-0.39, 0.29) is 11.7 Å². The minimum atomic E-state index is -0.135. The molecule has 0 aliphatic carbocycles. The molecule has 21 heavy (non-hydrogen) atoms. The molecule has 0 radical (unpaired) electrons. The van der Waals surface area contributed by atoms with E-state index in [0.717, 1.165) is 17.9 Å². The number of nitrogens with zero attached hydrogens (tertiary/aromatic N) is 2. The molecule has 1 aromatic heterocycles. The predicted octanol–water partition coefficient (Wildman–Crippen LogP) is 2.20. The van der Waals surface area contributed by atoms with Gasteiger partial charge in [0.15, 0.2) is 5.13 Å². The molecule has 1 aromatic carbocycles. The molecule has 2 aromatic rings. The number of amides is 1. The molecule has 0 atom stereocenters. The Morgan fingerprint density at radius 3 is 3.05 bits per heavy atom. The Balaban J connectivity index is 1.99. The van der Waals surface area contributed by atoms with Gasteiger partial charge in [-0.2, -0.15) is 0 Å². The second-order valence-electron chi connectivity index (χ2n) is 4.61. The van der Waals surface area contributed by atoms with E-state index in [0.29, 0.717) is 23.2 Å². The Labute approximate surface area is 126 Å². The maximum absolute atomic E-state index is 12.8. The van der Waals surface area contributed by atoms with E-state index < -0.39 is 0 Å². The highest BCUT2D eigenvalue weighted by Gasteiger charge is 2.26. The molecule has 0 spiro atoms. The minimum Gasteiger partial charge on any atom is -0.491 e. The molecule has 1 aliphatic heterocycles. The monoisotopic (exact) mass is 304 g/mol. The van der Waals surface area contributed by atoms with Crippen LogP contribution in [-0.2, 0) is 0 Å². The summed E-state index contributed by atoms with van der Waals surface area (Å²) in [7, 11) is 1.75. The first-order chi connectivity index (χ1) is 10.2. The second kappa shape index (κ2) is 5.61. The lowest BCUT2D eigenvalue weighted by Crippen LogP contribution is -2.31. The zero-order valence-electron chi connectivity index (χ0n) is 11.6. The molecule has 1 amide bonds. The number of aromatic nitrogens is 1. The summed E-state index contributed by atoms with van der Waals surface area (Å²) in [6, 6.07) is 7.54. The second-order valence-corrected chi connectivity index (χ2v) is 5.61. The van der Waals surface area contributed by atoms with Crippen LogP contribution in [0.5, 0.6) is 5.75 Å². The van der Waals surface area contributed by atoms with Gasteiger partial charge < -0.3 is 20.7 Å². The van der Waals surface area contributed by atoms with Crippen LogP contribution in [0.25, 0.3) is 0 Å². The van der Waals surface area contributed by atoms with Gasteiger partial charge in [0.2, 0.25) is 0 Å². The molecule has 0 saturated carbocycles. The van der Waals surface area contributed by atoms with Crippen molar-refractivity contribution in [3.63, 3.8) is 0 Å². The first kappa shape index (κ1) is 13.7. The molecule has 0 bridgehead atoms. The maximum atomic E-state index is 12.8. The van der Waals surface area contributed by atoms with Crippen LogP contribution in [0, 0.1) is 0 Å². The Bertz CT molecular complexity index is 671. The first-order valence-electron chi connectivity index (χ1n) is 6.68. The summed E-state index contributed by atoms with van der Waals surface area (Å²) < 4.78 is 5.67. The van der Waals surface area contributed by atoms with Crippen molar-refractivity contribution in [1.82, 2.24) is 4.98 Å². The van der Waals surface area contributed by atoms with Gasteiger partial charge in [-0.3, -0.25) is 4.79 Å². The number of hydrogen-bond acceptors (Lipinski definition) is 6. The SMILES string of the molecule is CNc1nc(N)c(C(=O)N2CCCOc3ccccc32)s1. The fraction of sp³-hybridized carbons (Fsp3) is 0.286. The van der Waals surface area contributed by atoms with Crippen LogP contribution in [0.2, 0.25) is 0 Å². The number of carbonyl (C=O) groups excluding carboxylic acids is 1. The number of carbonyl (C=O) groups is 1. The van der Waals surface area contributed by atoms with E-state index in [1.165, 1.54) is 11.3 Å². The largest absolute Gasteiger partial charge is 0.491 e. The molecular weight excluding hydrogens is 288 g/mol. The number of fused-ring (bicyclic) bond motifs is 1. The minimum absolute atomic E-state index is 0.135. The van der Waals surface area contributed by atoms with Gasteiger partial charge in [-0.15, -0.1) is 0 Å². The number of hydrogen-bond donors (Lipinski definition) is 2. The van der Waals surface area contributed by atoms with Crippen molar-refractivity contribution in [1.29, 1.82) is 0 Å². The van der Waals surface area contributed by atoms with Crippen LogP contribution in [-0.4, -0.2) is 31.1 Å². The van der Waals surface area contributed by atoms with Crippen LogP contribution >= 0.6 is 11.3 Å². The quantitative estimate of drug-likeness (QED) is 0.889. The average molecular weight is 304 g/mol. The summed E-state index contributed by atoms with van der Waals surface area (Å²) in [6.07, 6.45) is 0.776. The van der Waals surface area contributed by atoms with E-state index >= 15 is 0 Å². The summed E-state index contributed by atoms with van der Waals surface area (Å²) in [5, 5.41) is 3.54. The highest BCUT2D eigenvalue weighted by Crippen LogP contribution is 2.34. The molecule has 3 N–H and O–H groups in total. The molecule has 1 aliphatic rings. The maximum Gasteiger partial charge on any atom is 0.272 e. The number of nitrogens with two attached hydrogens (primary N) is 1. The molecular formula is C14H16N4O2S. The topological polar surface area (TPSA) is 80.5 Å². The zero-order valence-corrected chi connectivity index (χ0v) is 12.4. The van der Waals surface area contributed by atoms with Crippen LogP contribution in [0.1, 0.15) is 16.1 Å². The van der Waals surface area contributed by atoms with E-state index in [2.05, 4.69) is 10.3 Å². The molecule has 2 heterocycles. The number of nitrogen functional groups attached to an aromatic ring is 1. The number of thiazole rings is 1. The van der Waals surface area contributed by atoms with Gasteiger partial charge in [0.05, 0.1) is 12.3 Å². The van der Waals surface area contributed by atoms with Crippen molar-refractivity contribution < 1.29 is 9.53 Å². The number of rotatable bonds is 2. The summed E-state index contributed by atoms with van der Waals surface area (Å²) >= 11 is 1.26. The lowest BCUT2D eigenvalue weighted by atomic mass is 10.2. The van der Waals surface area contributed by atoms with E-state index in [1.54, 1.807) is 11.9 Å². The Kier molecular flexibility index (Phi) is 3.66. The molecule has 110 valence electrons. The van der Waals surface area contributed by atoms with Gasteiger partial charge in [-0.25, -0.2) is 4.98 Å². The highest BCUT2D eigenvalue weighted by molar-refractivity contribution is 7.18. The normalized spacial score (nSPS) is 14.0. The van der Waals surface area contributed by atoms with Gasteiger partial charge in [0.1, 0.15) is 16.4 Å². The third-order valence-electron chi connectivity index (χ3n) is 3.25. The summed E-state index contributed by atoms with van der Waals surface area (Å²) in [5.41, 5.74) is 6.64. The lowest BCUT2D eigenvalue weighted by Gasteiger charge is -2.21. The van der Waals surface area contributed by atoms with Gasteiger partial charge in [0, 0.05) is 13.6 Å². The van der Waals surface area contributed by atoms with Gasteiger partial charge in [-0.1, -0.05) is 23.5 Å². The molecule has 0 saturated heterocycles. The number of ether oxygens (including phenoxy) is 1. The summed E-state index contributed by atoms with van der Waals surface area (Å²) in [4.78, 5) is 19.1. The van der Waals surface area contributed by atoms with Gasteiger partial charge in [0.25, 0.3) is 5.91 Å². The van der Waals surface area contributed by atoms with Crippen molar-refractivity contribution in [3.8, 4) is 5.75 Å². The molecule has 0 fully saturated rings. The summed E-state index contributed by atoms with van der Waals surface area (Å²) in [5.74, 6) is 0.849. The van der Waals surface area contributed by atoms with Crippen LogP contribution < -0.4 is 20.7 Å². The highest BCUT2D eigenvalue weighted by atomic mass is 32.1. The standard InChI is InChI=1S/C14H16N4O2S/c1-16-14-17-12(15)11(21-14)13(19)18-7-4-8-20-10-6-3-2-5-9(10)18/h2-3,5-6H,4,7-8,15H2,1H3,(H,16,17). The van der Waals surface area contributed by atoms with Crippen LogP contribution in [0.3, 0.4) is 0 Å². The molecule has 3 rings (SSSR count). The Morgan fingerprint density at radius 1 is 1.48 bits per heavy atom. The lowest BCUT2D eigenvalue weighted by molar-refractivity contribution is 0.0991. The van der Waals surface area contributed by atoms with Gasteiger partial charge >= 0.3 is 0 Å². The first-order valence-corrected chi connectivity index (χ1v) is 7.50. The Morgan fingerprint density at radius 2 is 2.29 bits per heavy atom. The average Bonchev–Trinajstić information content (AvgIpc) is 2.75. The number of anilines is 3. The fourth-order valence-electron chi connectivity index (χ4n) is 2.25. The van der Waals surface area contributed by atoms with E-state index in [4.69, 9.17) is 10.5 Å². The number of para-hydroxylation sites is 2. The number of benzene rings is 1. The van der Waals surface area contributed by atoms with Crippen molar-refractivity contribution in [2.75, 3.05) is 36.1 Å². The third-order valence-corrected chi connectivity index (χ3v) is 4.32. The fourth-order valence-corrected chi connectivity index (χ4v) is 3.04. The van der Waals surface area contributed by atoms with Crippen molar-refractivity contribution in [2.45, 2.75) is 6.42 Å². The molecule has 7 heteroatoms. The van der Waals surface area contributed by atoms with Crippen molar-refractivity contribution >= 4 is 33.9 Å². The predicted molar refractivity (Wildman–Crippen MR) is 84.3 cm³/mol. The van der Waals surface area contributed by atoms with Crippen molar-refractivity contribution in [3.05, 3.63) is 29.1 Å². The van der Waals surface area contributed by atoms with Crippen LogP contribution in [0.4, 0.5) is 16.6 Å². The van der Waals surface area contributed by atoms with Gasteiger partial charge in [-0.05, 0) is 18.6 Å². The third kappa shape index (κ3) is 2.52. The van der Waals surface area contributed by atoms with E-state index in [1.807, 2.05) is 24.3 Å². The smallest absolute Gasteiger partial charge is 0.272 e. The summed E-state index contributed by atoms with van der Waals surface area (Å²) in [6.45, 7) is 1.20. The molecule has 0 unspecified atom stereocenters. The number of nitrogens with one attached hydrogen (secondary N) is 1. The van der Waals surface area contributed by atoms with Crippen LogP contribution in [0.15, 0.2) is 24.3 Å². The Hall–Kier alpha value is -2.28. The molecule has 6 nitrogen and oxygen atoms in total.